The average Bonchev–Trinajstić information content (AvgIpc) is 2.96. The minimum Gasteiger partial charge on any atom is -0.454 e. The van der Waals surface area contributed by atoms with Crippen molar-refractivity contribution in [3.8, 4) is 17.0 Å². The molecule has 7 heteroatoms. The van der Waals surface area contributed by atoms with E-state index in [0.717, 1.165) is 11.1 Å². The number of Topliss-reactive ketones (excluding diaryl/α,β-unsaturated/α-hetero) is 1. The first-order valence-electron chi connectivity index (χ1n) is 12.1. The van der Waals surface area contributed by atoms with Gasteiger partial charge in [0.1, 0.15) is 5.75 Å². The topological polar surface area (TPSA) is 82.6 Å². The van der Waals surface area contributed by atoms with Crippen molar-refractivity contribution in [1.29, 1.82) is 0 Å². The van der Waals surface area contributed by atoms with Gasteiger partial charge in [0.25, 0.3) is 0 Å². The van der Waals surface area contributed by atoms with Crippen LogP contribution in [0, 0.1) is 6.92 Å². The third-order valence-corrected chi connectivity index (χ3v) is 6.34. The Bertz CT molecular complexity index is 1680. The van der Waals surface area contributed by atoms with Crippen LogP contribution < -0.4 is 4.74 Å². The smallest absolute Gasteiger partial charge is 0.343 e. The summed E-state index contributed by atoms with van der Waals surface area (Å²) in [6.07, 6.45) is 0. The summed E-state index contributed by atoms with van der Waals surface area (Å²) in [5, 5.41) is 1.21. The molecule has 192 valence electrons. The number of esters is 2. The predicted molar refractivity (Wildman–Crippen MR) is 149 cm³/mol. The third-order valence-electron chi connectivity index (χ3n) is 6.08. The molecule has 39 heavy (non-hydrogen) atoms. The third kappa shape index (κ3) is 6.03. The zero-order valence-electron chi connectivity index (χ0n) is 20.9. The van der Waals surface area contributed by atoms with Gasteiger partial charge in [0.2, 0.25) is 0 Å². The van der Waals surface area contributed by atoms with Crippen molar-refractivity contribution < 1.29 is 23.9 Å². The standard InChI is InChI=1S/C32H22ClNO5/c1-20-6-8-23(9-7-20)31(36)39-25-16-12-22(13-17-25)30(35)19-38-32(37)27-18-29(21-10-14-24(33)15-11-21)34-28-5-3-2-4-26(27)28/h2-18H,19H2,1H3. The van der Waals surface area contributed by atoms with Crippen molar-refractivity contribution in [2.24, 2.45) is 0 Å². The fraction of sp³-hybridized carbons (Fsp3) is 0.0625. The van der Waals surface area contributed by atoms with Gasteiger partial charge in [-0.05, 0) is 67.6 Å². The SMILES string of the molecule is Cc1ccc(C(=O)Oc2ccc(C(=O)COC(=O)c3cc(-c4ccc(Cl)cc4)nc4ccccc34)cc2)cc1. The highest BCUT2D eigenvalue weighted by Crippen LogP contribution is 2.26. The Morgan fingerprint density at radius 1 is 0.769 bits per heavy atom. The maximum atomic E-state index is 13.1. The van der Waals surface area contributed by atoms with Crippen LogP contribution in [-0.4, -0.2) is 29.3 Å². The molecule has 0 fully saturated rings. The van der Waals surface area contributed by atoms with Crippen LogP contribution in [0.2, 0.25) is 5.02 Å². The lowest BCUT2D eigenvalue weighted by Gasteiger charge is -2.10. The monoisotopic (exact) mass is 535 g/mol. The maximum Gasteiger partial charge on any atom is 0.343 e. The van der Waals surface area contributed by atoms with E-state index in [1.807, 2.05) is 43.3 Å². The van der Waals surface area contributed by atoms with Crippen LogP contribution in [-0.2, 0) is 4.74 Å². The quantitative estimate of drug-likeness (QED) is 0.125. The summed E-state index contributed by atoms with van der Waals surface area (Å²) in [7, 11) is 0. The van der Waals surface area contributed by atoms with E-state index in [0.29, 0.717) is 44.1 Å². The summed E-state index contributed by atoms with van der Waals surface area (Å²) in [6.45, 7) is 1.48. The molecule has 5 rings (SSSR count). The van der Waals surface area contributed by atoms with Gasteiger partial charge >= 0.3 is 11.9 Å². The number of halogens is 1. The Kier molecular flexibility index (Phi) is 7.48. The first kappa shape index (κ1) is 25.8. The fourth-order valence-electron chi connectivity index (χ4n) is 3.97. The number of carbonyl (C=O) groups is 3. The van der Waals surface area contributed by atoms with Crippen molar-refractivity contribution in [1.82, 2.24) is 4.98 Å². The summed E-state index contributed by atoms with van der Waals surface area (Å²) < 4.78 is 10.8. The summed E-state index contributed by atoms with van der Waals surface area (Å²) >= 11 is 6.01. The molecule has 0 saturated heterocycles. The van der Waals surface area contributed by atoms with E-state index in [1.54, 1.807) is 42.5 Å². The van der Waals surface area contributed by atoms with Crippen LogP contribution >= 0.6 is 11.6 Å². The average molecular weight is 536 g/mol. The molecule has 0 atom stereocenters. The second-order valence-electron chi connectivity index (χ2n) is 8.86. The zero-order valence-corrected chi connectivity index (χ0v) is 21.6. The molecule has 5 aromatic rings. The van der Waals surface area contributed by atoms with Crippen molar-refractivity contribution in [3.05, 3.63) is 130 Å². The molecule has 0 unspecified atom stereocenters. The number of pyridine rings is 1. The van der Waals surface area contributed by atoms with Gasteiger partial charge in [-0.2, -0.15) is 0 Å². The van der Waals surface area contributed by atoms with E-state index in [2.05, 4.69) is 4.98 Å². The summed E-state index contributed by atoms with van der Waals surface area (Å²) in [5.74, 6) is -1.23. The number of aromatic nitrogens is 1. The molecule has 0 aliphatic rings. The molecule has 0 N–H and O–H groups in total. The van der Waals surface area contributed by atoms with Gasteiger partial charge in [-0.25, -0.2) is 14.6 Å². The lowest BCUT2D eigenvalue weighted by atomic mass is 10.0. The number of aryl methyl sites for hydroxylation is 1. The molecule has 6 nitrogen and oxygen atoms in total. The highest BCUT2D eigenvalue weighted by molar-refractivity contribution is 6.30. The Morgan fingerprint density at radius 3 is 2.15 bits per heavy atom. The molecular formula is C32H22ClNO5. The van der Waals surface area contributed by atoms with Crippen LogP contribution in [0.3, 0.4) is 0 Å². The van der Waals surface area contributed by atoms with Crippen LogP contribution in [0.4, 0.5) is 0 Å². The van der Waals surface area contributed by atoms with E-state index in [9.17, 15) is 14.4 Å². The molecule has 0 aliphatic heterocycles. The number of ether oxygens (including phenoxy) is 2. The molecule has 0 aliphatic carbocycles. The normalized spacial score (nSPS) is 10.7. The van der Waals surface area contributed by atoms with Crippen molar-refractivity contribution >= 4 is 40.2 Å². The molecule has 0 amide bonds. The number of carbonyl (C=O) groups excluding carboxylic acids is 3. The number of fused-ring (bicyclic) bond motifs is 1. The number of nitrogens with zero attached hydrogens (tertiary/aromatic N) is 1. The first-order valence-corrected chi connectivity index (χ1v) is 12.5. The highest BCUT2D eigenvalue weighted by Gasteiger charge is 2.18. The molecule has 1 aromatic heterocycles. The molecule has 0 bridgehead atoms. The Labute approximate surface area is 229 Å². The largest absolute Gasteiger partial charge is 0.454 e. The second-order valence-corrected chi connectivity index (χ2v) is 9.29. The second kappa shape index (κ2) is 11.3. The highest BCUT2D eigenvalue weighted by atomic mass is 35.5. The Balaban J connectivity index is 1.27. The maximum absolute atomic E-state index is 13.1. The summed E-state index contributed by atoms with van der Waals surface area (Å²) in [4.78, 5) is 42.8. The van der Waals surface area contributed by atoms with E-state index in [-0.39, 0.29) is 0 Å². The minimum absolute atomic E-state index is 0.298. The zero-order chi connectivity index (χ0) is 27.4. The van der Waals surface area contributed by atoms with Gasteiger partial charge in [-0.3, -0.25) is 4.79 Å². The van der Waals surface area contributed by atoms with Crippen molar-refractivity contribution in [3.63, 3.8) is 0 Å². The number of benzene rings is 4. The van der Waals surface area contributed by atoms with Crippen molar-refractivity contribution in [2.75, 3.05) is 6.61 Å². The molecule has 1 heterocycles. The van der Waals surface area contributed by atoms with E-state index in [1.165, 1.54) is 24.3 Å². The number of rotatable bonds is 7. The summed E-state index contributed by atoms with van der Waals surface area (Å²) in [5.41, 5.74) is 4.08. The molecular weight excluding hydrogens is 514 g/mol. The molecule has 4 aromatic carbocycles. The molecule has 0 saturated carbocycles. The summed E-state index contributed by atoms with van der Waals surface area (Å²) in [6, 6.07) is 29.1. The van der Waals surface area contributed by atoms with Gasteiger partial charge in [-0.1, -0.05) is 59.6 Å². The van der Waals surface area contributed by atoms with Gasteiger partial charge < -0.3 is 9.47 Å². The van der Waals surface area contributed by atoms with Gasteiger partial charge in [0, 0.05) is 21.5 Å². The molecule has 0 radical (unpaired) electrons. The van der Waals surface area contributed by atoms with Gasteiger partial charge in [-0.15, -0.1) is 0 Å². The predicted octanol–water partition coefficient (Wildman–Crippen LogP) is 7.12. The van der Waals surface area contributed by atoms with Crippen LogP contribution in [0.15, 0.2) is 103 Å². The first-order chi connectivity index (χ1) is 18.9. The van der Waals surface area contributed by atoms with Crippen LogP contribution in [0.1, 0.15) is 36.6 Å². The van der Waals surface area contributed by atoms with E-state index >= 15 is 0 Å². The van der Waals surface area contributed by atoms with E-state index in [4.69, 9.17) is 21.1 Å². The lowest BCUT2D eigenvalue weighted by Crippen LogP contribution is -2.15. The van der Waals surface area contributed by atoms with Crippen molar-refractivity contribution in [2.45, 2.75) is 6.92 Å². The Morgan fingerprint density at radius 2 is 1.44 bits per heavy atom. The molecule has 0 spiro atoms. The lowest BCUT2D eigenvalue weighted by molar-refractivity contribution is 0.0476. The number of hydrogen-bond acceptors (Lipinski definition) is 6. The van der Waals surface area contributed by atoms with Gasteiger partial charge in [0.15, 0.2) is 12.4 Å². The van der Waals surface area contributed by atoms with E-state index < -0.39 is 24.3 Å². The number of hydrogen-bond donors (Lipinski definition) is 0. The van der Waals surface area contributed by atoms with Crippen LogP contribution in [0.5, 0.6) is 5.75 Å². The minimum atomic E-state index is -0.638. The fourth-order valence-corrected chi connectivity index (χ4v) is 4.10. The van der Waals surface area contributed by atoms with Gasteiger partial charge in [0.05, 0.1) is 22.3 Å². The number of ketones is 1. The number of para-hydroxylation sites is 1. The Hall–Kier alpha value is -4.81. The van der Waals surface area contributed by atoms with Crippen LogP contribution in [0.25, 0.3) is 22.2 Å².